The van der Waals surface area contributed by atoms with Crippen molar-refractivity contribution in [3.05, 3.63) is 35.9 Å². The fourth-order valence-corrected chi connectivity index (χ4v) is 1.70. The smallest absolute Gasteiger partial charge is 0.154 e. The molecule has 0 N–H and O–H groups in total. The lowest BCUT2D eigenvalue weighted by molar-refractivity contribution is -0.121. The van der Waals surface area contributed by atoms with Gasteiger partial charge in [-0.3, -0.25) is 4.79 Å². The molecule has 0 saturated carbocycles. The van der Waals surface area contributed by atoms with Crippen molar-refractivity contribution in [1.29, 1.82) is 5.26 Å². The molecule has 0 heterocycles. The van der Waals surface area contributed by atoms with Crippen molar-refractivity contribution >= 4 is 5.78 Å². The quantitative estimate of drug-likeness (QED) is 0.758. The van der Waals surface area contributed by atoms with Crippen LogP contribution in [0.1, 0.15) is 18.9 Å². The Morgan fingerprint density at radius 3 is 2.50 bits per heavy atom. The molecule has 0 saturated heterocycles. The summed E-state index contributed by atoms with van der Waals surface area (Å²) in [7, 11) is 1.56. The fraction of sp³-hybridized carbons (Fsp3) is 0.385. The average molecular weight is 217 g/mol. The Balaban J connectivity index is 3.14. The van der Waals surface area contributed by atoms with Crippen molar-refractivity contribution in [3.8, 4) is 6.07 Å². The third-order valence-corrected chi connectivity index (χ3v) is 2.74. The molecule has 84 valence electrons. The predicted octanol–water partition coefficient (Wildman–Crippen LogP) is 2.07. The van der Waals surface area contributed by atoms with E-state index in [0.717, 1.165) is 5.56 Å². The molecule has 1 atom stereocenters. The first kappa shape index (κ1) is 12.4. The number of ether oxygens (including phenoxy) is 1. The van der Waals surface area contributed by atoms with Crippen molar-refractivity contribution in [3.63, 3.8) is 0 Å². The lowest BCUT2D eigenvalue weighted by Crippen LogP contribution is -2.33. The Kier molecular flexibility index (Phi) is 4.21. The molecule has 0 spiro atoms. The molecule has 0 aliphatic heterocycles. The molecular weight excluding hydrogens is 202 g/mol. The average Bonchev–Trinajstić information content (AvgIpc) is 2.31. The molecule has 0 aliphatic carbocycles. The van der Waals surface area contributed by atoms with Crippen LogP contribution in [0.2, 0.25) is 0 Å². The van der Waals surface area contributed by atoms with Gasteiger partial charge in [0.2, 0.25) is 0 Å². The first-order chi connectivity index (χ1) is 7.67. The van der Waals surface area contributed by atoms with Gasteiger partial charge < -0.3 is 4.74 Å². The second-order valence-electron chi connectivity index (χ2n) is 3.68. The molecule has 0 amide bonds. The highest BCUT2D eigenvalue weighted by atomic mass is 16.5. The molecule has 0 bridgehead atoms. The highest BCUT2D eigenvalue weighted by Gasteiger charge is 2.37. The van der Waals surface area contributed by atoms with Gasteiger partial charge in [-0.1, -0.05) is 30.3 Å². The number of carbonyl (C=O) groups is 1. The summed E-state index contributed by atoms with van der Waals surface area (Å²) in [5, 5.41) is 9.30. The highest BCUT2D eigenvalue weighted by molar-refractivity contribution is 5.91. The third kappa shape index (κ3) is 2.29. The first-order valence-electron chi connectivity index (χ1n) is 5.14. The van der Waals surface area contributed by atoms with Crippen LogP contribution in [-0.4, -0.2) is 19.5 Å². The van der Waals surface area contributed by atoms with Crippen molar-refractivity contribution in [2.75, 3.05) is 13.7 Å². The van der Waals surface area contributed by atoms with Crippen LogP contribution < -0.4 is 0 Å². The minimum Gasteiger partial charge on any atom is -0.385 e. The minimum absolute atomic E-state index is 0.141. The number of nitrogens with zero attached hydrogens (tertiary/aromatic N) is 1. The van der Waals surface area contributed by atoms with Gasteiger partial charge in [-0.25, -0.2) is 0 Å². The van der Waals surface area contributed by atoms with E-state index in [4.69, 9.17) is 4.74 Å². The van der Waals surface area contributed by atoms with E-state index in [1.807, 2.05) is 18.2 Å². The maximum absolute atomic E-state index is 11.7. The zero-order valence-electron chi connectivity index (χ0n) is 9.56. The van der Waals surface area contributed by atoms with E-state index in [1.165, 1.54) is 6.92 Å². The van der Waals surface area contributed by atoms with Gasteiger partial charge in [-0.2, -0.15) is 5.26 Å². The van der Waals surface area contributed by atoms with Crippen molar-refractivity contribution in [1.82, 2.24) is 0 Å². The Labute approximate surface area is 95.7 Å². The number of nitriles is 1. The molecule has 0 aliphatic rings. The highest BCUT2D eigenvalue weighted by Crippen LogP contribution is 2.28. The molecule has 1 unspecified atom stereocenters. The number of Topliss-reactive ketones (excluding diaryl/α,β-unsaturated/α-hetero) is 1. The van der Waals surface area contributed by atoms with Gasteiger partial charge in [0.05, 0.1) is 6.07 Å². The largest absolute Gasteiger partial charge is 0.385 e. The van der Waals surface area contributed by atoms with Gasteiger partial charge in [-0.05, 0) is 12.5 Å². The molecule has 0 radical (unpaired) electrons. The van der Waals surface area contributed by atoms with E-state index < -0.39 is 5.41 Å². The number of carbonyl (C=O) groups excluding carboxylic acids is 1. The normalized spacial score (nSPS) is 13.8. The minimum atomic E-state index is -1.07. The Morgan fingerprint density at radius 1 is 1.44 bits per heavy atom. The summed E-state index contributed by atoms with van der Waals surface area (Å²) >= 11 is 0. The van der Waals surface area contributed by atoms with E-state index in [9.17, 15) is 10.1 Å². The molecule has 1 aromatic rings. The number of ketones is 1. The molecule has 16 heavy (non-hydrogen) atoms. The van der Waals surface area contributed by atoms with Crippen LogP contribution in [0.4, 0.5) is 0 Å². The summed E-state index contributed by atoms with van der Waals surface area (Å²) in [5.41, 5.74) is -0.334. The number of benzene rings is 1. The Morgan fingerprint density at radius 2 is 2.06 bits per heavy atom. The SMILES string of the molecule is COCCC(C#N)(C(C)=O)c1ccccc1. The Bertz CT molecular complexity index is 394. The monoisotopic (exact) mass is 217 g/mol. The van der Waals surface area contributed by atoms with Gasteiger partial charge in [-0.15, -0.1) is 0 Å². The number of rotatable bonds is 5. The molecule has 0 aromatic heterocycles. The van der Waals surface area contributed by atoms with E-state index in [2.05, 4.69) is 6.07 Å². The molecule has 3 nitrogen and oxygen atoms in total. The molecular formula is C13H15NO2. The van der Waals surface area contributed by atoms with Crippen LogP contribution in [0, 0.1) is 11.3 Å². The van der Waals surface area contributed by atoms with Gasteiger partial charge in [0, 0.05) is 20.1 Å². The van der Waals surface area contributed by atoms with E-state index in [0.29, 0.717) is 13.0 Å². The van der Waals surface area contributed by atoms with Crippen molar-refractivity contribution in [2.24, 2.45) is 0 Å². The van der Waals surface area contributed by atoms with Crippen molar-refractivity contribution < 1.29 is 9.53 Å². The van der Waals surface area contributed by atoms with Crippen LogP contribution in [0.25, 0.3) is 0 Å². The lowest BCUT2D eigenvalue weighted by atomic mass is 9.76. The fourth-order valence-electron chi connectivity index (χ4n) is 1.70. The van der Waals surface area contributed by atoms with Crippen molar-refractivity contribution in [2.45, 2.75) is 18.8 Å². The predicted molar refractivity (Wildman–Crippen MR) is 60.9 cm³/mol. The lowest BCUT2D eigenvalue weighted by Gasteiger charge is -2.23. The van der Waals surface area contributed by atoms with E-state index >= 15 is 0 Å². The molecule has 1 aromatic carbocycles. The second kappa shape index (κ2) is 5.43. The van der Waals surface area contributed by atoms with Crippen LogP contribution >= 0.6 is 0 Å². The van der Waals surface area contributed by atoms with Gasteiger partial charge in [0.25, 0.3) is 0 Å². The van der Waals surface area contributed by atoms with Gasteiger partial charge >= 0.3 is 0 Å². The van der Waals surface area contributed by atoms with Crippen LogP contribution in [0.5, 0.6) is 0 Å². The van der Waals surface area contributed by atoms with Crippen LogP contribution in [0.15, 0.2) is 30.3 Å². The van der Waals surface area contributed by atoms with E-state index in [-0.39, 0.29) is 5.78 Å². The third-order valence-electron chi connectivity index (χ3n) is 2.74. The summed E-state index contributed by atoms with van der Waals surface area (Å²) in [5.74, 6) is -0.141. The number of methoxy groups -OCH3 is 1. The summed E-state index contributed by atoms with van der Waals surface area (Å²) in [4.78, 5) is 11.7. The summed E-state index contributed by atoms with van der Waals surface area (Å²) in [6.07, 6.45) is 0.388. The zero-order valence-corrected chi connectivity index (χ0v) is 9.56. The van der Waals surface area contributed by atoms with Crippen LogP contribution in [0.3, 0.4) is 0 Å². The maximum Gasteiger partial charge on any atom is 0.154 e. The van der Waals surface area contributed by atoms with Crippen LogP contribution in [-0.2, 0) is 14.9 Å². The van der Waals surface area contributed by atoms with Gasteiger partial charge in [0.15, 0.2) is 5.78 Å². The molecule has 3 heteroatoms. The summed E-state index contributed by atoms with van der Waals surface area (Å²) in [6.45, 7) is 1.84. The molecule has 1 rings (SSSR count). The van der Waals surface area contributed by atoms with Gasteiger partial charge in [0.1, 0.15) is 5.41 Å². The van der Waals surface area contributed by atoms with E-state index in [1.54, 1.807) is 19.2 Å². The number of hydrogen-bond donors (Lipinski definition) is 0. The standard InChI is InChI=1S/C13H15NO2/c1-11(15)13(10-14,8-9-16-2)12-6-4-3-5-7-12/h3-7H,8-9H2,1-2H3. The summed E-state index contributed by atoms with van der Waals surface area (Å²) < 4.78 is 4.97. The number of hydrogen-bond acceptors (Lipinski definition) is 3. The topological polar surface area (TPSA) is 50.1 Å². The molecule has 0 fully saturated rings. The zero-order chi connectivity index (χ0) is 12.0. The first-order valence-corrected chi connectivity index (χ1v) is 5.14. The second-order valence-corrected chi connectivity index (χ2v) is 3.68. The maximum atomic E-state index is 11.7. The summed E-state index contributed by atoms with van der Waals surface area (Å²) in [6, 6.07) is 11.3. The Hall–Kier alpha value is -1.66.